The molecule has 6 aromatic carbocycles. The van der Waals surface area contributed by atoms with Crippen LogP contribution in [0.15, 0.2) is 133 Å². The second-order valence-electron chi connectivity index (χ2n) is 12.0. The summed E-state index contributed by atoms with van der Waals surface area (Å²) in [5.74, 6) is 0. The van der Waals surface area contributed by atoms with Crippen LogP contribution in [0.4, 0.5) is 0 Å². The maximum atomic E-state index is 2.40. The largest absolute Gasteiger partial charge is 0.341 e. The summed E-state index contributed by atoms with van der Waals surface area (Å²) in [5.41, 5.74) is 12.5. The topological polar surface area (TPSA) is 9.86 Å². The SMILES string of the molecule is CCn1c2ccccc2c2cc(C=Cc3ccc(-c4ccc(/C=C/c5ccc6c(c5)c5ccccc5n6CC)cc4)cc3)ccc21. The van der Waals surface area contributed by atoms with Crippen molar-refractivity contribution in [3.05, 3.63) is 156 Å². The van der Waals surface area contributed by atoms with E-state index in [0.717, 1.165) is 13.1 Å². The Hall–Kier alpha value is -5.60. The molecule has 2 aromatic heterocycles. The molecule has 0 amide bonds. The minimum Gasteiger partial charge on any atom is -0.341 e. The zero-order valence-corrected chi connectivity index (χ0v) is 26.3. The van der Waals surface area contributed by atoms with Gasteiger partial charge in [-0.2, -0.15) is 0 Å². The van der Waals surface area contributed by atoms with Crippen LogP contribution in [0, 0.1) is 0 Å². The van der Waals surface area contributed by atoms with Gasteiger partial charge in [0.2, 0.25) is 0 Å². The summed E-state index contributed by atoms with van der Waals surface area (Å²) in [5, 5.41) is 5.26. The van der Waals surface area contributed by atoms with Crippen LogP contribution < -0.4 is 0 Å². The molecule has 222 valence electrons. The van der Waals surface area contributed by atoms with Crippen LogP contribution >= 0.6 is 0 Å². The van der Waals surface area contributed by atoms with E-state index in [1.807, 2.05) is 0 Å². The average Bonchev–Trinajstić information content (AvgIpc) is 3.61. The fourth-order valence-corrected chi connectivity index (χ4v) is 6.99. The molecule has 0 bridgehead atoms. The number of nitrogens with zero attached hydrogens (tertiary/aromatic N) is 2. The summed E-state index contributed by atoms with van der Waals surface area (Å²) in [6, 6.07) is 48.6. The minimum atomic E-state index is 0.966. The first-order valence-corrected chi connectivity index (χ1v) is 16.3. The third-order valence-electron chi connectivity index (χ3n) is 9.32. The van der Waals surface area contributed by atoms with Crippen molar-refractivity contribution in [3.8, 4) is 11.1 Å². The van der Waals surface area contributed by atoms with E-state index >= 15 is 0 Å². The molecule has 0 unspecified atom stereocenters. The molecule has 0 fully saturated rings. The highest BCUT2D eigenvalue weighted by Crippen LogP contribution is 2.32. The van der Waals surface area contributed by atoms with Gasteiger partial charge in [-0.25, -0.2) is 0 Å². The predicted octanol–water partition coefficient (Wildman–Crippen LogP) is 11.9. The molecule has 8 aromatic rings. The zero-order chi connectivity index (χ0) is 31.0. The molecular formula is C44H36N2. The maximum Gasteiger partial charge on any atom is 0.0491 e. The highest BCUT2D eigenvalue weighted by molar-refractivity contribution is 6.09. The molecule has 0 aliphatic carbocycles. The first kappa shape index (κ1) is 27.9. The smallest absolute Gasteiger partial charge is 0.0491 e. The fourth-order valence-electron chi connectivity index (χ4n) is 6.99. The Labute approximate surface area is 270 Å². The second-order valence-corrected chi connectivity index (χ2v) is 12.0. The number of aryl methyl sites for hydroxylation is 2. The van der Waals surface area contributed by atoms with Gasteiger partial charge in [0, 0.05) is 56.7 Å². The van der Waals surface area contributed by atoms with E-state index in [1.165, 1.54) is 77.0 Å². The number of aromatic nitrogens is 2. The normalized spacial score (nSPS) is 12.1. The Kier molecular flexibility index (Phi) is 7.11. The number of hydrogen-bond acceptors (Lipinski definition) is 0. The van der Waals surface area contributed by atoms with Crippen molar-refractivity contribution in [1.82, 2.24) is 9.13 Å². The van der Waals surface area contributed by atoms with Crippen LogP contribution in [0.3, 0.4) is 0 Å². The lowest BCUT2D eigenvalue weighted by Gasteiger charge is -2.04. The lowest BCUT2D eigenvalue weighted by Crippen LogP contribution is -1.92. The van der Waals surface area contributed by atoms with Crippen molar-refractivity contribution >= 4 is 67.9 Å². The highest BCUT2D eigenvalue weighted by Gasteiger charge is 2.10. The molecule has 0 spiro atoms. The Morgan fingerprint density at radius 1 is 0.370 bits per heavy atom. The Morgan fingerprint density at radius 3 is 1.13 bits per heavy atom. The van der Waals surface area contributed by atoms with Crippen molar-refractivity contribution in [2.24, 2.45) is 0 Å². The number of fused-ring (bicyclic) bond motifs is 6. The first-order valence-electron chi connectivity index (χ1n) is 16.3. The number of hydrogen-bond donors (Lipinski definition) is 0. The molecule has 0 aliphatic rings. The average molecular weight is 593 g/mol. The number of rotatable bonds is 7. The molecular weight excluding hydrogens is 556 g/mol. The van der Waals surface area contributed by atoms with E-state index in [-0.39, 0.29) is 0 Å². The molecule has 0 saturated heterocycles. The second kappa shape index (κ2) is 11.7. The van der Waals surface area contributed by atoms with Crippen LogP contribution in [0.25, 0.3) is 79.0 Å². The number of benzene rings is 6. The molecule has 0 radical (unpaired) electrons. The summed E-state index contributed by atoms with van der Waals surface area (Å²) in [7, 11) is 0. The van der Waals surface area contributed by atoms with Crippen molar-refractivity contribution < 1.29 is 0 Å². The zero-order valence-electron chi connectivity index (χ0n) is 26.3. The van der Waals surface area contributed by atoms with Crippen LogP contribution in [-0.2, 0) is 13.1 Å². The van der Waals surface area contributed by atoms with Gasteiger partial charge in [0.05, 0.1) is 0 Å². The van der Waals surface area contributed by atoms with E-state index in [9.17, 15) is 0 Å². The maximum absolute atomic E-state index is 2.40. The van der Waals surface area contributed by atoms with Crippen LogP contribution in [0.5, 0.6) is 0 Å². The third-order valence-corrected chi connectivity index (χ3v) is 9.32. The van der Waals surface area contributed by atoms with Gasteiger partial charge in [0.15, 0.2) is 0 Å². The van der Waals surface area contributed by atoms with Gasteiger partial charge in [-0.05, 0) is 83.6 Å². The van der Waals surface area contributed by atoms with Gasteiger partial charge in [0.1, 0.15) is 0 Å². The van der Waals surface area contributed by atoms with E-state index < -0.39 is 0 Å². The molecule has 2 nitrogen and oxygen atoms in total. The van der Waals surface area contributed by atoms with Crippen molar-refractivity contribution in [2.75, 3.05) is 0 Å². The molecule has 2 heterocycles. The predicted molar refractivity (Wildman–Crippen MR) is 200 cm³/mol. The molecule has 0 saturated carbocycles. The van der Waals surface area contributed by atoms with Crippen molar-refractivity contribution in [2.45, 2.75) is 26.9 Å². The standard InChI is InChI=1S/C44H36N2/c1-3-45-41-11-7-5-9-37(41)39-29-33(21-27-43(39)45)15-13-31-17-23-35(24-18-31)36-25-19-32(20-26-36)14-16-34-22-28-44-40(30-34)38-10-6-8-12-42(38)46(44)4-2/h5-30H,3-4H2,1-2H3/b15-13+,16-14?. The molecule has 0 atom stereocenters. The van der Waals surface area contributed by atoms with Crippen LogP contribution in [0.2, 0.25) is 0 Å². The lowest BCUT2D eigenvalue weighted by molar-refractivity contribution is 0.827. The van der Waals surface area contributed by atoms with E-state index in [1.54, 1.807) is 0 Å². The Balaban J connectivity index is 0.979. The Bertz CT molecular complexity index is 2240. The van der Waals surface area contributed by atoms with Crippen LogP contribution in [-0.4, -0.2) is 9.13 Å². The summed E-state index contributed by atoms with van der Waals surface area (Å²) in [4.78, 5) is 0. The summed E-state index contributed by atoms with van der Waals surface area (Å²) in [6.07, 6.45) is 8.84. The van der Waals surface area contributed by atoms with Gasteiger partial charge in [-0.3, -0.25) is 0 Å². The lowest BCUT2D eigenvalue weighted by atomic mass is 10.0. The molecule has 0 aliphatic heterocycles. The summed E-state index contributed by atoms with van der Waals surface area (Å²) < 4.78 is 4.79. The molecule has 46 heavy (non-hydrogen) atoms. The molecule has 0 N–H and O–H groups in total. The quantitative estimate of drug-likeness (QED) is 0.163. The van der Waals surface area contributed by atoms with Gasteiger partial charge in [0.25, 0.3) is 0 Å². The summed E-state index contributed by atoms with van der Waals surface area (Å²) >= 11 is 0. The van der Waals surface area contributed by atoms with Crippen molar-refractivity contribution in [3.63, 3.8) is 0 Å². The monoisotopic (exact) mass is 592 g/mol. The highest BCUT2D eigenvalue weighted by atomic mass is 15.0. The van der Waals surface area contributed by atoms with E-state index in [4.69, 9.17) is 0 Å². The third kappa shape index (κ3) is 4.93. The minimum absolute atomic E-state index is 0.966. The first-order chi connectivity index (χ1) is 22.7. The van der Waals surface area contributed by atoms with E-state index in [2.05, 4.69) is 181 Å². The fraction of sp³-hybridized carbons (Fsp3) is 0.0909. The summed E-state index contributed by atoms with van der Waals surface area (Å²) in [6.45, 7) is 6.36. The van der Waals surface area contributed by atoms with Crippen molar-refractivity contribution in [1.29, 1.82) is 0 Å². The molecule has 8 rings (SSSR count). The van der Waals surface area contributed by atoms with Crippen LogP contribution in [0.1, 0.15) is 36.1 Å². The van der Waals surface area contributed by atoms with E-state index in [0.29, 0.717) is 0 Å². The van der Waals surface area contributed by atoms with Gasteiger partial charge >= 0.3 is 0 Å². The Morgan fingerprint density at radius 2 is 0.717 bits per heavy atom. The van der Waals surface area contributed by atoms with Gasteiger partial charge < -0.3 is 9.13 Å². The van der Waals surface area contributed by atoms with Gasteiger partial charge in [-0.15, -0.1) is 0 Å². The number of para-hydroxylation sites is 2. The van der Waals surface area contributed by atoms with Gasteiger partial charge in [-0.1, -0.05) is 121 Å². The molecule has 2 heteroatoms.